The summed E-state index contributed by atoms with van der Waals surface area (Å²) in [5, 5.41) is 8.08. The van der Waals surface area contributed by atoms with Gasteiger partial charge in [0.25, 0.3) is 0 Å². The molecule has 6 nitrogen and oxygen atoms in total. The molecule has 3 rings (SSSR count). The lowest BCUT2D eigenvalue weighted by atomic mass is 10.1. The second-order valence-electron chi connectivity index (χ2n) is 5.91. The van der Waals surface area contributed by atoms with Crippen LogP contribution in [0.4, 0.5) is 5.82 Å². The SMILES string of the molecule is C[C@H](c1cccnc1)N1CCO[C@H](CN(C)c2cccnn2)C1. The quantitative estimate of drug-likeness (QED) is 0.838. The maximum absolute atomic E-state index is 5.94. The molecule has 1 aliphatic rings. The largest absolute Gasteiger partial charge is 0.374 e. The van der Waals surface area contributed by atoms with Crippen molar-refractivity contribution in [1.82, 2.24) is 20.1 Å². The Morgan fingerprint density at radius 2 is 2.22 bits per heavy atom. The fourth-order valence-corrected chi connectivity index (χ4v) is 2.93. The van der Waals surface area contributed by atoms with Gasteiger partial charge in [0.1, 0.15) is 0 Å². The molecule has 0 bridgehead atoms. The Morgan fingerprint density at radius 3 is 2.96 bits per heavy atom. The first-order valence-electron chi connectivity index (χ1n) is 7.98. The molecule has 6 heteroatoms. The number of ether oxygens (including phenoxy) is 1. The molecule has 0 radical (unpaired) electrons. The molecule has 2 aromatic rings. The summed E-state index contributed by atoms with van der Waals surface area (Å²) in [6.07, 6.45) is 5.61. The van der Waals surface area contributed by atoms with Crippen molar-refractivity contribution < 1.29 is 4.74 Å². The van der Waals surface area contributed by atoms with Gasteiger partial charge in [0.2, 0.25) is 0 Å². The van der Waals surface area contributed by atoms with Crippen molar-refractivity contribution in [2.45, 2.75) is 19.1 Å². The molecule has 1 saturated heterocycles. The Kier molecular flexibility index (Phi) is 5.15. The summed E-state index contributed by atoms with van der Waals surface area (Å²) < 4.78 is 5.94. The summed E-state index contributed by atoms with van der Waals surface area (Å²) in [5.41, 5.74) is 1.25. The van der Waals surface area contributed by atoms with Crippen LogP contribution < -0.4 is 4.90 Å². The number of aromatic nitrogens is 3. The minimum absolute atomic E-state index is 0.162. The highest BCUT2D eigenvalue weighted by atomic mass is 16.5. The van der Waals surface area contributed by atoms with Crippen LogP contribution in [0, 0.1) is 0 Å². The van der Waals surface area contributed by atoms with Crippen LogP contribution in [-0.4, -0.2) is 59.5 Å². The van der Waals surface area contributed by atoms with Crippen molar-refractivity contribution in [2.75, 3.05) is 38.2 Å². The lowest BCUT2D eigenvalue weighted by Gasteiger charge is -2.38. The van der Waals surface area contributed by atoms with E-state index in [4.69, 9.17) is 4.74 Å². The Hall–Kier alpha value is -2.05. The summed E-state index contributed by atoms with van der Waals surface area (Å²) in [7, 11) is 2.02. The summed E-state index contributed by atoms with van der Waals surface area (Å²) in [4.78, 5) is 8.77. The van der Waals surface area contributed by atoms with Gasteiger partial charge in [0.15, 0.2) is 5.82 Å². The highest BCUT2D eigenvalue weighted by Crippen LogP contribution is 2.22. The predicted octanol–water partition coefficient (Wildman–Crippen LogP) is 1.77. The average molecular weight is 313 g/mol. The van der Waals surface area contributed by atoms with Crippen LogP contribution in [0.25, 0.3) is 0 Å². The zero-order valence-electron chi connectivity index (χ0n) is 13.7. The van der Waals surface area contributed by atoms with Gasteiger partial charge >= 0.3 is 0 Å². The molecule has 0 aromatic carbocycles. The van der Waals surface area contributed by atoms with Crippen LogP contribution in [0.5, 0.6) is 0 Å². The van der Waals surface area contributed by atoms with Crippen LogP contribution in [0.3, 0.4) is 0 Å². The maximum Gasteiger partial charge on any atom is 0.151 e. The minimum Gasteiger partial charge on any atom is -0.374 e. The topological polar surface area (TPSA) is 54.4 Å². The molecule has 2 atom stereocenters. The third-order valence-corrected chi connectivity index (χ3v) is 4.31. The molecule has 0 aliphatic carbocycles. The van der Waals surface area contributed by atoms with E-state index in [1.807, 2.05) is 37.6 Å². The molecule has 3 heterocycles. The van der Waals surface area contributed by atoms with Crippen molar-refractivity contribution in [3.05, 3.63) is 48.4 Å². The number of rotatable bonds is 5. The van der Waals surface area contributed by atoms with Crippen LogP contribution in [0.2, 0.25) is 0 Å². The molecule has 0 amide bonds. The van der Waals surface area contributed by atoms with Crippen molar-refractivity contribution in [3.63, 3.8) is 0 Å². The highest BCUT2D eigenvalue weighted by molar-refractivity contribution is 5.35. The predicted molar refractivity (Wildman–Crippen MR) is 89.3 cm³/mol. The second-order valence-corrected chi connectivity index (χ2v) is 5.91. The Labute approximate surface area is 137 Å². The minimum atomic E-state index is 0.162. The van der Waals surface area contributed by atoms with Gasteiger partial charge in [0.05, 0.1) is 12.7 Å². The maximum atomic E-state index is 5.94. The Morgan fingerprint density at radius 1 is 1.35 bits per heavy atom. The molecule has 0 unspecified atom stereocenters. The number of hydrogen-bond acceptors (Lipinski definition) is 6. The normalized spacial score (nSPS) is 20.2. The summed E-state index contributed by atoms with van der Waals surface area (Å²) in [5.74, 6) is 0.869. The second kappa shape index (κ2) is 7.48. The summed E-state index contributed by atoms with van der Waals surface area (Å²) in [6, 6.07) is 8.33. The van der Waals surface area contributed by atoms with Gasteiger partial charge in [-0.15, -0.1) is 5.10 Å². The van der Waals surface area contributed by atoms with Crippen LogP contribution in [-0.2, 0) is 4.74 Å². The molecule has 2 aromatic heterocycles. The van der Waals surface area contributed by atoms with E-state index in [1.54, 1.807) is 6.20 Å². The third-order valence-electron chi connectivity index (χ3n) is 4.31. The van der Waals surface area contributed by atoms with E-state index in [0.29, 0.717) is 6.04 Å². The third kappa shape index (κ3) is 4.03. The van der Waals surface area contributed by atoms with E-state index < -0.39 is 0 Å². The first-order valence-corrected chi connectivity index (χ1v) is 7.98. The number of morpholine rings is 1. The molecule has 0 spiro atoms. The molecular weight excluding hydrogens is 290 g/mol. The van der Waals surface area contributed by atoms with E-state index in [1.165, 1.54) is 5.56 Å². The lowest BCUT2D eigenvalue weighted by Crippen LogP contribution is -2.47. The fourth-order valence-electron chi connectivity index (χ4n) is 2.93. The smallest absolute Gasteiger partial charge is 0.151 e. The molecule has 0 saturated carbocycles. The molecule has 1 aliphatic heterocycles. The number of pyridine rings is 1. The van der Waals surface area contributed by atoms with Crippen molar-refractivity contribution in [1.29, 1.82) is 0 Å². The van der Waals surface area contributed by atoms with Crippen molar-refractivity contribution in [3.8, 4) is 0 Å². The molecule has 23 heavy (non-hydrogen) atoms. The van der Waals surface area contributed by atoms with Gasteiger partial charge in [-0.2, -0.15) is 5.10 Å². The first-order chi connectivity index (χ1) is 11.2. The number of likely N-dealkylation sites (N-methyl/N-ethyl adjacent to an activating group) is 1. The van der Waals surface area contributed by atoms with E-state index in [0.717, 1.165) is 32.1 Å². The highest BCUT2D eigenvalue weighted by Gasteiger charge is 2.26. The van der Waals surface area contributed by atoms with Gasteiger partial charge in [-0.05, 0) is 30.7 Å². The van der Waals surface area contributed by atoms with E-state index in [9.17, 15) is 0 Å². The molecule has 122 valence electrons. The van der Waals surface area contributed by atoms with Gasteiger partial charge in [-0.3, -0.25) is 9.88 Å². The number of nitrogens with zero attached hydrogens (tertiary/aromatic N) is 5. The monoisotopic (exact) mass is 313 g/mol. The summed E-state index contributed by atoms with van der Waals surface area (Å²) in [6.45, 7) is 5.63. The van der Waals surface area contributed by atoms with Gasteiger partial charge in [0, 0.05) is 51.3 Å². The number of hydrogen-bond donors (Lipinski definition) is 0. The zero-order chi connectivity index (χ0) is 16.1. The van der Waals surface area contributed by atoms with Crippen LogP contribution in [0.15, 0.2) is 42.9 Å². The number of anilines is 1. The lowest BCUT2D eigenvalue weighted by molar-refractivity contribution is -0.0368. The zero-order valence-corrected chi connectivity index (χ0v) is 13.7. The van der Waals surface area contributed by atoms with Crippen LogP contribution >= 0.6 is 0 Å². The van der Waals surface area contributed by atoms with Gasteiger partial charge < -0.3 is 9.64 Å². The molecular formula is C17H23N5O. The van der Waals surface area contributed by atoms with Gasteiger partial charge in [-0.1, -0.05) is 6.07 Å². The van der Waals surface area contributed by atoms with Gasteiger partial charge in [-0.25, -0.2) is 0 Å². The first kappa shape index (κ1) is 15.8. The Balaban J connectivity index is 1.60. The van der Waals surface area contributed by atoms with E-state index >= 15 is 0 Å². The molecule has 1 fully saturated rings. The van der Waals surface area contributed by atoms with E-state index in [2.05, 4.69) is 38.0 Å². The van der Waals surface area contributed by atoms with Crippen LogP contribution in [0.1, 0.15) is 18.5 Å². The fraction of sp³-hybridized carbons (Fsp3) is 0.471. The molecule has 0 N–H and O–H groups in total. The average Bonchev–Trinajstić information content (AvgIpc) is 2.63. The van der Waals surface area contributed by atoms with E-state index in [-0.39, 0.29) is 6.10 Å². The van der Waals surface area contributed by atoms with Crippen molar-refractivity contribution in [2.24, 2.45) is 0 Å². The Bertz CT molecular complexity index is 594. The standard InChI is InChI=1S/C17H23N5O/c1-14(15-5-3-7-18-11-15)22-9-10-23-16(13-22)12-21(2)17-6-4-8-19-20-17/h3-8,11,14,16H,9-10,12-13H2,1-2H3/t14-,16-/m1/s1. The van der Waals surface area contributed by atoms with Crippen molar-refractivity contribution >= 4 is 5.82 Å². The summed E-state index contributed by atoms with van der Waals surface area (Å²) >= 11 is 0.